The third kappa shape index (κ3) is 7.25. The van der Waals surface area contributed by atoms with Crippen LogP contribution in [0.2, 0.25) is 0 Å². The fourth-order valence-electron chi connectivity index (χ4n) is 4.38. The van der Waals surface area contributed by atoms with Crippen molar-refractivity contribution in [1.29, 1.82) is 0 Å². The number of hydrogen-bond acceptors (Lipinski definition) is 5. The van der Waals surface area contributed by atoms with Crippen LogP contribution in [0.25, 0.3) is 0 Å². The summed E-state index contributed by atoms with van der Waals surface area (Å²) in [6, 6.07) is 7.00. The number of benzene rings is 1. The van der Waals surface area contributed by atoms with Crippen LogP contribution >= 0.6 is 0 Å². The molecule has 0 radical (unpaired) electrons. The topological polar surface area (TPSA) is 81.2 Å². The molecule has 0 bridgehead atoms. The predicted octanol–water partition coefficient (Wildman–Crippen LogP) is 1.81. The summed E-state index contributed by atoms with van der Waals surface area (Å²) < 4.78 is 27.5. The van der Waals surface area contributed by atoms with Crippen LogP contribution in [0.1, 0.15) is 44.1 Å². The van der Waals surface area contributed by atoms with Gasteiger partial charge in [-0.05, 0) is 43.4 Å². The highest BCUT2D eigenvalue weighted by atomic mass is 32.2. The molecule has 2 heterocycles. The minimum absolute atomic E-state index is 0.0797. The number of rotatable bonds is 7. The summed E-state index contributed by atoms with van der Waals surface area (Å²) in [7, 11) is 0.0661. The van der Waals surface area contributed by atoms with Crippen molar-refractivity contribution in [2.24, 2.45) is 0 Å². The molecule has 0 atom stereocenters. The molecule has 33 heavy (non-hydrogen) atoms. The van der Waals surface area contributed by atoms with Gasteiger partial charge in [0.25, 0.3) is 0 Å². The van der Waals surface area contributed by atoms with Crippen molar-refractivity contribution < 1.29 is 18.0 Å². The third-order valence-electron chi connectivity index (χ3n) is 6.55. The van der Waals surface area contributed by atoms with Crippen molar-refractivity contribution in [3.63, 3.8) is 0 Å². The van der Waals surface area contributed by atoms with E-state index in [1.807, 2.05) is 17.0 Å². The Bertz CT molecular complexity index is 894. The van der Waals surface area contributed by atoms with Crippen molar-refractivity contribution in [3.05, 3.63) is 29.8 Å². The number of aryl methyl sites for hydroxylation is 1. The molecule has 2 saturated heterocycles. The maximum Gasteiger partial charge on any atom is 0.243 e. The molecule has 9 heteroatoms. The monoisotopic (exact) mass is 478 g/mol. The Morgan fingerprint density at radius 3 is 2.15 bits per heavy atom. The quantitative estimate of drug-likeness (QED) is 0.597. The molecule has 0 unspecified atom stereocenters. The van der Waals surface area contributed by atoms with Gasteiger partial charge < -0.3 is 9.80 Å². The van der Waals surface area contributed by atoms with Gasteiger partial charge in [0, 0.05) is 59.8 Å². The number of likely N-dealkylation sites (N-methyl/N-ethyl adjacent to an activating group) is 1. The van der Waals surface area contributed by atoms with Crippen molar-refractivity contribution >= 4 is 21.8 Å². The average molecular weight is 479 g/mol. The van der Waals surface area contributed by atoms with Crippen LogP contribution in [0, 0.1) is 0 Å². The first-order valence-corrected chi connectivity index (χ1v) is 13.5. The number of carbonyl (C=O) groups is 2. The highest BCUT2D eigenvalue weighted by Crippen LogP contribution is 2.21. The van der Waals surface area contributed by atoms with Crippen molar-refractivity contribution in [2.75, 3.05) is 59.9 Å². The molecule has 1 aromatic carbocycles. The maximum atomic E-state index is 12.9. The fraction of sp³-hybridized carbons (Fsp3) is 0.667. The second-order valence-corrected chi connectivity index (χ2v) is 11.2. The van der Waals surface area contributed by atoms with Crippen LogP contribution in [0.5, 0.6) is 0 Å². The molecule has 0 saturated carbocycles. The molecule has 2 amide bonds. The molecule has 0 aromatic heterocycles. The summed E-state index contributed by atoms with van der Waals surface area (Å²) in [5, 5.41) is 0. The van der Waals surface area contributed by atoms with Gasteiger partial charge in [0.05, 0.1) is 11.4 Å². The summed E-state index contributed by atoms with van der Waals surface area (Å²) in [5.41, 5.74) is 0.964. The Kier molecular flexibility index (Phi) is 9.28. The van der Waals surface area contributed by atoms with E-state index in [4.69, 9.17) is 0 Å². The minimum Gasteiger partial charge on any atom is -0.348 e. The largest absolute Gasteiger partial charge is 0.348 e. The zero-order valence-corrected chi connectivity index (χ0v) is 20.9. The first-order valence-electron chi connectivity index (χ1n) is 12.1. The van der Waals surface area contributed by atoms with Crippen LogP contribution < -0.4 is 0 Å². The second-order valence-electron chi connectivity index (χ2n) is 9.26. The summed E-state index contributed by atoms with van der Waals surface area (Å²) in [6.45, 7) is 4.43. The first-order chi connectivity index (χ1) is 15.8. The summed E-state index contributed by atoms with van der Waals surface area (Å²) in [6.07, 6.45) is 5.84. The van der Waals surface area contributed by atoms with Crippen LogP contribution in [0.4, 0.5) is 0 Å². The zero-order valence-electron chi connectivity index (χ0n) is 20.0. The lowest BCUT2D eigenvalue weighted by molar-refractivity contribution is -0.131. The van der Waals surface area contributed by atoms with Gasteiger partial charge in [-0.1, -0.05) is 25.0 Å². The van der Waals surface area contributed by atoms with Crippen molar-refractivity contribution in [2.45, 2.75) is 49.8 Å². The summed E-state index contributed by atoms with van der Waals surface area (Å²) in [4.78, 5) is 30.6. The van der Waals surface area contributed by atoms with Crippen LogP contribution in [-0.2, 0) is 26.0 Å². The molecular formula is C24H38N4O4S. The van der Waals surface area contributed by atoms with Crippen LogP contribution in [0.15, 0.2) is 29.2 Å². The lowest BCUT2D eigenvalue weighted by Gasteiger charge is -2.23. The summed E-state index contributed by atoms with van der Waals surface area (Å²) in [5.74, 6) is 0.188. The molecular weight excluding hydrogens is 440 g/mol. The number of sulfonamides is 1. The van der Waals surface area contributed by atoms with E-state index >= 15 is 0 Å². The smallest absolute Gasteiger partial charge is 0.243 e. The highest BCUT2D eigenvalue weighted by Gasteiger charge is 2.25. The van der Waals surface area contributed by atoms with Crippen molar-refractivity contribution in [3.8, 4) is 0 Å². The minimum atomic E-state index is -3.45. The second kappa shape index (κ2) is 11.9. The molecule has 8 nitrogen and oxygen atoms in total. The van der Waals surface area contributed by atoms with E-state index in [2.05, 4.69) is 4.90 Å². The summed E-state index contributed by atoms with van der Waals surface area (Å²) >= 11 is 0. The molecule has 0 spiro atoms. The number of carbonyl (C=O) groups excluding carboxylic acids is 2. The van der Waals surface area contributed by atoms with Crippen LogP contribution in [0.3, 0.4) is 0 Å². The third-order valence-corrected chi connectivity index (χ3v) is 8.47. The van der Waals surface area contributed by atoms with Gasteiger partial charge in [-0.25, -0.2) is 8.42 Å². The Morgan fingerprint density at radius 2 is 1.52 bits per heavy atom. The Hall–Kier alpha value is -1.97. The molecule has 2 fully saturated rings. The van der Waals surface area contributed by atoms with Gasteiger partial charge in [-0.15, -0.1) is 0 Å². The van der Waals surface area contributed by atoms with Gasteiger partial charge in [0.2, 0.25) is 21.8 Å². The molecule has 2 aliphatic heterocycles. The molecule has 0 N–H and O–H groups in total. The van der Waals surface area contributed by atoms with Gasteiger partial charge in [-0.3, -0.25) is 14.5 Å². The normalized spacial score (nSPS) is 19.0. The Labute approximate surface area is 198 Å². The van der Waals surface area contributed by atoms with E-state index in [0.29, 0.717) is 57.0 Å². The molecule has 1 aromatic rings. The highest BCUT2D eigenvalue weighted by molar-refractivity contribution is 7.89. The molecule has 2 aliphatic rings. The number of nitrogens with zero attached hydrogens (tertiary/aromatic N) is 4. The Balaban J connectivity index is 1.49. The molecule has 3 rings (SSSR count). The molecule has 0 aliphatic carbocycles. The van der Waals surface area contributed by atoms with Gasteiger partial charge in [0.1, 0.15) is 0 Å². The fourth-order valence-corrected chi connectivity index (χ4v) is 5.90. The average Bonchev–Trinajstić information content (AvgIpc) is 3.21. The number of amides is 2. The Morgan fingerprint density at radius 1 is 0.848 bits per heavy atom. The number of hydrogen-bond donors (Lipinski definition) is 0. The maximum absolute atomic E-state index is 12.9. The standard InChI is InChI=1S/C24H38N4O4S/c1-25(2)24(30)20-26-14-7-15-27(19-18-26)23(29)13-10-21-8-11-22(12-9-21)33(31,32)28-16-5-3-4-6-17-28/h8-9,11-12H,3-7,10,13-20H2,1-2H3. The van der Waals surface area contributed by atoms with E-state index < -0.39 is 10.0 Å². The van der Waals surface area contributed by atoms with E-state index in [0.717, 1.165) is 44.2 Å². The predicted molar refractivity (Wildman–Crippen MR) is 128 cm³/mol. The lowest BCUT2D eigenvalue weighted by Crippen LogP contribution is -2.39. The SMILES string of the molecule is CN(C)C(=O)CN1CCCN(C(=O)CCc2ccc(S(=O)(=O)N3CCCCCC3)cc2)CC1. The van der Waals surface area contributed by atoms with E-state index in [1.165, 1.54) is 0 Å². The van der Waals surface area contributed by atoms with Crippen LogP contribution in [-0.4, -0.2) is 99.1 Å². The van der Waals surface area contributed by atoms with Crippen molar-refractivity contribution in [1.82, 2.24) is 19.0 Å². The lowest BCUT2D eigenvalue weighted by atomic mass is 10.1. The van der Waals surface area contributed by atoms with Gasteiger partial charge in [0.15, 0.2) is 0 Å². The van der Waals surface area contributed by atoms with E-state index in [1.54, 1.807) is 35.4 Å². The molecule has 184 valence electrons. The van der Waals surface area contributed by atoms with E-state index in [9.17, 15) is 18.0 Å². The van der Waals surface area contributed by atoms with E-state index in [-0.39, 0.29) is 11.8 Å². The van der Waals surface area contributed by atoms with Gasteiger partial charge >= 0.3 is 0 Å². The zero-order chi connectivity index (χ0) is 23.8. The van der Waals surface area contributed by atoms with Gasteiger partial charge in [-0.2, -0.15) is 4.31 Å². The first kappa shape index (κ1) is 25.6.